The Bertz CT molecular complexity index is 506. The van der Waals surface area contributed by atoms with Gasteiger partial charge < -0.3 is 4.42 Å². The Morgan fingerprint density at radius 3 is 2.93 bits per heavy atom. The highest BCUT2D eigenvalue weighted by Gasteiger charge is 2.12. The summed E-state index contributed by atoms with van der Waals surface area (Å²) in [5.41, 5.74) is 0.723. The first kappa shape index (κ1) is 8.51. The number of rotatable bonds is 1. The predicted molar refractivity (Wildman–Crippen MR) is 45.6 cm³/mol. The van der Waals surface area contributed by atoms with Gasteiger partial charge in [0.05, 0.1) is 5.56 Å². The monoisotopic (exact) mass is 191 g/mol. The lowest BCUT2D eigenvalue weighted by Crippen LogP contribution is -1.86. The van der Waals surface area contributed by atoms with E-state index in [-0.39, 0.29) is 5.69 Å². The highest BCUT2D eigenvalue weighted by Crippen LogP contribution is 2.23. The van der Waals surface area contributed by atoms with E-state index in [1.807, 2.05) is 6.07 Å². The molecule has 0 unspecified atom stereocenters. The molecule has 0 aliphatic carbocycles. The van der Waals surface area contributed by atoms with Crippen molar-refractivity contribution in [2.24, 2.45) is 7.05 Å². The van der Waals surface area contributed by atoms with Crippen LogP contribution in [-0.4, -0.2) is 9.78 Å². The maximum Gasteiger partial charge on any atom is 0.278 e. The van der Waals surface area contributed by atoms with Crippen LogP contribution in [-0.2, 0) is 7.05 Å². The van der Waals surface area contributed by atoms with E-state index in [9.17, 15) is 4.39 Å². The van der Waals surface area contributed by atoms with Gasteiger partial charge in [0.1, 0.15) is 11.8 Å². The van der Waals surface area contributed by atoms with Crippen molar-refractivity contribution in [3.05, 3.63) is 30.0 Å². The molecule has 2 aromatic rings. The van der Waals surface area contributed by atoms with E-state index in [1.54, 1.807) is 13.2 Å². The van der Waals surface area contributed by atoms with Gasteiger partial charge in [0.2, 0.25) is 0 Å². The Morgan fingerprint density at radius 2 is 2.36 bits per heavy atom. The SMILES string of the molecule is Cn1cc(-c2ccc(F)o2)c(C#N)n1. The number of hydrogen-bond donors (Lipinski definition) is 0. The minimum atomic E-state index is -0.673. The fourth-order valence-electron chi connectivity index (χ4n) is 1.21. The van der Waals surface area contributed by atoms with E-state index in [0.717, 1.165) is 0 Å². The number of aromatic nitrogens is 2. The fourth-order valence-corrected chi connectivity index (χ4v) is 1.21. The molecule has 0 saturated carbocycles. The molecule has 2 aromatic heterocycles. The number of nitrogens with zero attached hydrogens (tertiary/aromatic N) is 3. The first-order valence-electron chi connectivity index (χ1n) is 3.90. The van der Waals surface area contributed by atoms with Gasteiger partial charge in [0, 0.05) is 19.3 Å². The number of hydrogen-bond acceptors (Lipinski definition) is 3. The van der Waals surface area contributed by atoms with E-state index in [0.29, 0.717) is 11.3 Å². The van der Waals surface area contributed by atoms with Crippen LogP contribution in [0.2, 0.25) is 0 Å². The summed E-state index contributed by atoms with van der Waals surface area (Å²) < 4.78 is 18.8. The molecule has 0 radical (unpaired) electrons. The molecule has 4 nitrogen and oxygen atoms in total. The van der Waals surface area contributed by atoms with E-state index < -0.39 is 6.01 Å². The lowest BCUT2D eigenvalue weighted by molar-refractivity contribution is 0.367. The lowest BCUT2D eigenvalue weighted by atomic mass is 10.2. The van der Waals surface area contributed by atoms with Gasteiger partial charge in [-0.1, -0.05) is 0 Å². The average Bonchev–Trinajstić information content (AvgIpc) is 2.71. The van der Waals surface area contributed by atoms with Crippen molar-refractivity contribution in [1.29, 1.82) is 5.26 Å². The Labute approximate surface area is 79.2 Å². The molecule has 2 heterocycles. The zero-order valence-corrected chi connectivity index (χ0v) is 7.36. The van der Waals surface area contributed by atoms with E-state index in [1.165, 1.54) is 16.8 Å². The van der Waals surface area contributed by atoms with Crippen molar-refractivity contribution in [2.45, 2.75) is 0 Å². The molecule has 0 saturated heterocycles. The van der Waals surface area contributed by atoms with Gasteiger partial charge in [-0.15, -0.1) is 0 Å². The highest BCUT2D eigenvalue weighted by molar-refractivity contribution is 5.62. The van der Waals surface area contributed by atoms with Crippen LogP contribution in [0.4, 0.5) is 4.39 Å². The zero-order chi connectivity index (χ0) is 10.1. The molecule has 0 aliphatic rings. The summed E-state index contributed by atoms with van der Waals surface area (Å²) >= 11 is 0. The van der Waals surface area contributed by atoms with Crippen LogP contribution in [0.25, 0.3) is 11.3 Å². The van der Waals surface area contributed by atoms with Crippen LogP contribution in [0.3, 0.4) is 0 Å². The predicted octanol–water partition coefficient (Wildman–Crippen LogP) is 1.69. The molecule has 0 bridgehead atoms. The first-order valence-corrected chi connectivity index (χ1v) is 3.90. The topological polar surface area (TPSA) is 54.8 Å². The van der Waals surface area contributed by atoms with Crippen molar-refractivity contribution in [2.75, 3.05) is 0 Å². The summed E-state index contributed by atoms with van der Waals surface area (Å²) in [4.78, 5) is 0. The van der Waals surface area contributed by atoms with E-state index in [4.69, 9.17) is 9.68 Å². The molecule has 2 rings (SSSR count). The number of nitriles is 1. The third-order valence-electron chi connectivity index (χ3n) is 1.77. The second-order valence-electron chi connectivity index (χ2n) is 2.78. The maximum absolute atomic E-state index is 12.6. The van der Waals surface area contributed by atoms with Crippen molar-refractivity contribution >= 4 is 0 Å². The van der Waals surface area contributed by atoms with Gasteiger partial charge in [0.15, 0.2) is 5.69 Å². The molecule has 0 atom stereocenters. The quantitative estimate of drug-likeness (QED) is 0.689. The standard InChI is InChI=1S/C9H6FN3O/c1-13-5-6(7(4-11)12-13)8-2-3-9(10)14-8/h2-3,5H,1H3. The van der Waals surface area contributed by atoms with Crippen molar-refractivity contribution in [3.8, 4) is 17.4 Å². The average molecular weight is 191 g/mol. The van der Waals surface area contributed by atoms with Crippen molar-refractivity contribution < 1.29 is 8.81 Å². The first-order chi connectivity index (χ1) is 6.70. The molecule has 70 valence electrons. The second-order valence-corrected chi connectivity index (χ2v) is 2.78. The second kappa shape index (κ2) is 3.00. The zero-order valence-electron chi connectivity index (χ0n) is 7.36. The minimum absolute atomic E-state index is 0.224. The van der Waals surface area contributed by atoms with Crippen LogP contribution in [0, 0.1) is 17.3 Å². The van der Waals surface area contributed by atoms with E-state index >= 15 is 0 Å². The van der Waals surface area contributed by atoms with Gasteiger partial charge in [-0.05, 0) is 6.07 Å². The van der Waals surface area contributed by atoms with Gasteiger partial charge in [-0.2, -0.15) is 14.8 Å². The van der Waals surface area contributed by atoms with Crippen molar-refractivity contribution in [1.82, 2.24) is 9.78 Å². The highest BCUT2D eigenvalue weighted by atomic mass is 19.1. The molecular weight excluding hydrogens is 185 g/mol. The number of halogens is 1. The lowest BCUT2D eigenvalue weighted by Gasteiger charge is -1.88. The molecule has 5 heteroatoms. The normalized spacial score (nSPS) is 10.1. The number of aryl methyl sites for hydroxylation is 1. The summed E-state index contributed by atoms with van der Waals surface area (Å²) in [6.07, 6.45) is 1.61. The maximum atomic E-state index is 12.6. The molecule has 0 spiro atoms. The summed E-state index contributed by atoms with van der Waals surface area (Å²) in [6.45, 7) is 0. The van der Waals surface area contributed by atoms with Crippen LogP contribution in [0.15, 0.2) is 22.7 Å². The largest absolute Gasteiger partial charge is 0.431 e. The van der Waals surface area contributed by atoms with Crippen LogP contribution >= 0.6 is 0 Å². The van der Waals surface area contributed by atoms with Gasteiger partial charge >= 0.3 is 0 Å². The Morgan fingerprint density at radius 1 is 1.57 bits per heavy atom. The molecular formula is C9H6FN3O. The molecule has 14 heavy (non-hydrogen) atoms. The van der Waals surface area contributed by atoms with Crippen LogP contribution in [0.1, 0.15) is 5.69 Å². The van der Waals surface area contributed by atoms with Gasteiger partial charge in [-0.25, -0.2) is 0 Å². The molecule has 0 amide bonds. The Balaban J connectivity index is 2.56. The summed E-state index contributed by atoms with van der Waals surface area (Å²) in [5.74, 6) is 0.312. The minimum Gasteiger partial charge on any atom is -0.431 e. The van der Waals surface area contributed by atoms with Crippen LogP contribution in [0.5, 0.6) is 0 Å². The van der Waals surface area contributed by atoms with Crippen LogP contribution < -0.4 is 0 Å². The smallest absolute Gasteiger partial charge is 0.278 e. The molecule has 0 N–H and O–H groups in total. The molecule has 0 fully saturated rings. The van der Waals surface area contributed by atoms with E-state index in [2.05, 4.69) is 5.10 Å². The summed E-state index contributed by atoms with van der Waals surface area (Å²) in [7, 11) is 1.68. The van der Waals surface area contributed by atoms with Gasteiger partial charge in [-0.3, -0.25) is 4.68 Å². The van der Waals surface area contributed by atoms with Gasteiger partial charge in [0.25, 0.3) is 6.01 Å². The molecule has 0 aromatic carbocycles. The Hall–Kier alpha value is -2.09. The summed E-state index contributed by atoms with van der Waals surface area (Å²) in [5, 5.41) is 12.6. The Kier molecular flexibility index (Phi) is 1.82. The third-order valence-corrected chi connectivity index (χ3v) is 1.77. The molecule has 0 aliphatic heterocycles. The number of furan rings is 1. The van der Waals surface area contributed by atoms with Crippen molar-refractivity contribution in [3.63, 3.8) is 0 Å². The summed E-state index contributed by atoms with van der Waals surface area (Å²) in [6, 6.07) is 3.90. The third kappa shape index (κ3) is 1.27. The fraction of sp³-hybridized carbons (Fsp3) is 0.111.